The second-order valence-corrected chi connectivity index (χ2v) is 2.63. The van der Waals surface area contributed by atoms with Crippen molar-refractivity contribution in [3.05, 3.63) is 23.4 Å². The van der Waals surface area contributed by atoms with Gasteiger partial charge in [0.05, 0.1) is 5.70 Å². The highest BCUT2D eigenvalue weighted by Gasteiger charge is 2.19. The first-order chi connectivity index (χ1) is 4.88. The van der Waals surface area contributed by atoms with Crippen LogP contribution in [-0.2, 0) is 4.79 Å². The third kappa shape index (κ3) is 0.685. The molecule has 1 aliphatic heterocycles. The average molecular weight is 135 g/mol. The Hall–Kier alpha value is -1.05. The van der Waals surface area contributed by atoms with Gasteiger partial charge in [0.2, 0.25) is 5.78 Å². The molecular formula is C8H9NO. The molecule has 0 fully saturated rings. The predicted octanol–water partition coefficient (Wildman–Crippen LogP) is 0.763. The molecule has 0 radical (unpaired) electrons. The molecule has 0 aromatic carbocycles. The summed E-state index contributed by atoms with van der Waals surface area (Å²) in [5.41, 5.74) is 2.15. The van der Waals surface area contributed by atoms with Gasteiger partial charge in [0.15, 0.2) is 0 Å². The standard InChI is InChI=1S/C8H9NO/c10-7-3-1-2-6-4-5-9-8(6)7/h1,3,9H,2,4-5H2. The lowest BCUT2D eigenvalue weighted by molar-refractivity contribution is -0.111. The Bertz CT molecular complexity index is 238. The number of rotatable bonds is 0. The molecule has 0 bridgehead atoms. The summed E-state index contributed by atoms with van der Waals surface area (Å²) in [4.78, 5) is 11.1. The number of hydrogen-bond donors (Lipinski definition) is 1. The van der Waals surface area contributed by atoms with Crippen molar-refractivity contribution in [2.24, 2.45) is 0 Å². The highest BCUT2D eigenvalue weighted by molar-refractivity contribution is 6.05. The molecule has 0 spiro atoms. The van der Waals surface area contributed by atoms with E-state index >= 15 is 0 Å². The number of carbonyl (C=O) groups is 1. The minimum absolute atomic E-state index is 0.152. The maximum atomic E-state index is 11.1. The normalized spacial score (nSPS) is 23.0. The summed E-state index contributed by atoms with van der Waals surface area (Å²) in [6.45, 7) is 0.943. The van der Waals surface area contributed by atoms with Gasteiger partial charge in [-0.2, -0.15) is 0 Å². The minimum atomic E-state index is 0.152. The third-order valence-electron chi connectivity index (χ3n) is 1.96. The second-order valence-electron chi connectivity index (χ2n) is 2.63. The van der Waals surface area contributed by atoms with Crippen LogP contribution >= 0.6 is 0 Å². The monoisotopic (exact) mass is 135 g/mol. The molecule has 0 atom stereocenters. The molecule has 10 heavy (non-hydrogen) atoms. The molecule has 2 nitrogen and oxygen atoms in total. The number of hydrogen-bond acceptors (Lipinski definition) is 2. The van der Waals surface area contributed by atoms with Crippen molar-refractivity contribution in [1.82, 2.24) is 5.32 Å². The van der Waals surface area contributed by atoms with Crippen molar-refractivity contribution in [2.45, 2.75) is 12.8 Å². The van der Waals surface area contributed by atoms with Crippen molar-refractivity contribution in [1.29, 1.82) is 0 Å². The van der Waals surface area contributed by atoms with E-state index in [1.807, 2.05) is 6.08 Å². The summed E-state index contributed by atoms with van der Waals surface area (Å²) in [6.07, 6.45) is 5.60. The molecule has 1 aliphatic carbocycles. The topological polar surface area (TPSA) is 29.1 Å². The summed E-state index contributed by atoms with van der Waals surface area (Å²) < 4.78 is 0. The van der Waals surface area contributed by atoms with Gasteiger partial charge >= 0.3 is 0 Å². The molecule has 52 valence electrons. The molecule has 0 amide bonds. The Labute approximate surface area is 59.6 Å². The lowest BCUT2D eigenvalue weighted by Gasteiger charge is -2.05. The van der Waals surface area contributed by atoms with Crippen molar-refractivity contribution in [3.8, 4) is 0 Å². The van der Waals surface area contributed by atoms with Gasteiger partial charge in [0.25, 0.3) is 0 Å². The molecule has 1 heterocycles. The van der Waals surface area contributed by atoms with Crippen molar-refractivity contribution >= 4 is 5.78 Å². The average Bonchev–Trinajstić information content (AvgIpc) is 2.36. The van der Waals surface area contributed by atoms with Crippen LogP contribution in [0.2, 0.25) is 0 Å². The lowest BCUT2D eigenvalue weighted by atomic mass is 10.0. The first kappa shape index (κ1) is 5.71. The smallest absolute Gasteiger partial charge is 0.201 e. The fourth-order valence-electron chi connectivity index (χ4n) is 1.45. The molecule has 2 aliphatic rings. The van der Waals surface area contributed by atoms with Crippen LogP contribution in [0.15, 0.2) is 23.4 Å². The van der Waals surface area contributed by atoms with Crippen LogP contribution in [-0.4, -0.2) is 12.3 Å². The van der Waals surface area contributed by atoms with E-state index in [0.29, 0.717) is 0 Å². The summed E-state index contributed by atoms with van der Waals surface area (Å²) in [6, 6.07) is 0. The molecule has 2 heteroatoms. The molecular weight excluding hydrogens is 126 g/mol. The Morgan fingerprint density at radius 3 is 3.20 bits per heavy atom. The van der Waals surface area contributed by atoms with E-state index in [2.05, 4.69) is 5.32 Å². The van der Waals surface area contributed by atoms with Crippen molar-refractivity contribution in [2.75, 3.05) is 6.54 Å². The van der Waals surface area contributed by atoms with Crippen molar-refractivity contribution < 1.29 is 4.79 Å². The summed E-state index contributed by atoms with van der Waals surface area (Å²) in [7, 11) is 0. The van der Waals surface area contributed by atoms with Crippen LogP contribution in [0.1, 0.15) is 12.8 Å². The molecule has 0 aromatic rings. The van der Waals surface area contributed by atoms with Crippen LogP contribution < -0.4 is 5.32 Å². The fraction of sp³-hybridized carbons (Fsp3) is 0.375. The predicted molar refractivity (Wildman–Crippen MR) is 38.4 cm³/mol. The highest BCUT2D eigenvalue weighted by Crippen LogP contribution is 2.21. The van der Waals surface area contributed by atoms with Crippen LogP contribution in [0.3, 0.4) is 0 Å². The van der Waals surface area contributed by atoms with E-state index in [9.17, 15) is 4.79 Å². The fourth-order valence-corrected chi connectivity index (χ4v) is 1.45. The maximum Gasteiger partial charge on any atom is 0.201 e. The third-order valence-corrected chi connectivity index (χ3v) is 1.96. The van der Waals surface area contributed by atoms with Gasteiger partial charge in [-0.15, -0.1) is 0 Å². The molecule has 0 saturated heterocycles. The zero-order valence-electron chi connectivity index (χ0n) is 5.68. The summed E-state index contributed by atoms with van der Waals surface area (Å²) in [5, 5.41) is 3.09. The minimum Gasteiger partial charge on any atom is -0.382 e. The SMILES string of the molecule is O=C1C=CCC2=C1NCC2. The summed E-state index contributed by atoms with van der Waals surface area (Å²) >= 11 is 0. The van der Waals surface area contributed by atoms with Crippen LogP contribution in [0.4, 0.5) is 0 Å². The second kappa shape index (κ2) is 1.97. The zero-order chi connectivity index (χ0) is 6.97. The van der Waals surface area contributed by atoms with E-state index in [1.165, 1.54) is 5.57 Å². The van der Waals surface area contributed by atoms with Crippen LogP contribution in [0.25, 0.3) is 0 Å². The van der Waals surface area contributed by atoms with Crippen molar-refractivity contribution in [3.63, 3.8) is 0 Å². The largest absolute Gasteiger partial charge is 0.382 e. The van der Waals surface area contributed by atoms with E-state index in [4.69, 9.17) is 0 Å². The highest BCUT2D eigenvalue weighted by atomic mass is 16.1. The van der Waals surface area contributed by atoms with Crippen LogP contribution in [0, 0.1) is 0 Å². The Morgan fingerprint density at radius 2 is 2.40 bits per heavy atom. The van der Waals surface area contributed by atoms with Gasteiger partial charge in [-0.05, 0) is 24.5 Å². The molecule has 0 unspecified atom stereocenters. The molecule has 1 N–H and O–H groups in total. The van der Waals surface area contributed by atoms with Gasteiger partial charge in [0, 0.05) is 6.54 Å². The quantitative estimate of drug-likeness (QED) is 0.531. The lowest BCUT2D eigenvalue weighted by Crippen LogP contribution is -2.15. The Morgan fingerprint density at radius 1 is 1.50 bits per heavy atom. The van der Waals surface area contributed by atoms with E-state index < -0.39 is 0 Å². The zero-order valence-corrected chi connectivity index (χ0v) is 5.68. The number of ketones is 1. The number of carbonyl (C=O) groups excluding carboxylic acids is 1. The Kier molecular flexibility index (Phi) is 1.13. The van der Waals surface area contributed by atoms with Gasteiger partial charge in [0.1, 0.15) is 0 Å². The van der Waals surface area contributed by atoms with E-state index in [1.54, 1.807) is 6.08 Å². The Balaban J connectivity index is 2.35. The van der Waals surface area contributed by atoms with Gasteiger partial charge in [-0.25, -0.2) is 0 Å². The van der Waals surface area contributed by atoms with Gasteiger partial charge in [-0.1, -0.05) is 6.08 Å². The van der Waals surface area contributed by atoms with Gasteiger partial charge < -0.3 is 5.32 Å². The van der Waals surface area contributed by atoms with Gasteiger partial charge in [-0.3, -0.25) is 4.79 Å². The maximum absolute atomic E-state index is 11.1. The molecule has 0 saturated carbocycles. The number of nitrogens with one attached hydrogen (secondary N) is 1. The van der Waals surface area contributed by atoms with Crippen LogP contribution in [0.5, 0.6) is 0 Å². The molecule has 2 rings (SSSR count). The first-order valence-corrected chi connectivity index (χ1v) is 3.55. The first-order valence-electron chi connectivity index (χ1n) is 3.55. The molecule has 0 aromatic heterocycles. The van der Waals surface area contributed by atoms with E-state index in [-0.39, 0.29) is 5.78 Å². The number of allylic oxidation sites excluding steroid dienone is 2. The van der Waals surface area contributed by atoms with E-state index in [0.717, 1.165) is 25.1 Å². The summed E-state index contributed by atoms with van der Waals surface area (Å²) in [5.74, 6) is 0.152.